The van der Waals surface area contributed by atoms with Gasteiger partial charge in [-0.15, -0.1) is 0 Å². The van der Waals surface area contributed by atoms with E-state index >= 15 is 0 Å². The second-order valence-corrected chi connectivity index (χ2v) is 9.82. The van der Waals surface area contributed by atoms with Gasteiger partial charge in [-0.25, -0.2) is 9.67 Å². The fourth-order valence-electron chi connectivity index (χ4n) is 4.72. The molecule has 3 heterocycles. The molecule has 1 fully saturated rings. The van der Waals surface area contributed by atoms with Crippen LogP contribution in [0.2, 0.25) is 0 Å². The fourth-order valence-corrected chi connectivity index (χ4v) is 4.72. The van der Waals surface area contributed by atoms with Crippen LogP contribution in [0.4, 0.5) is 23.0 Å². The van der Waals surface area contributed by atoms with Crippen molar-refractivity contribution in [3.8, 4) is 11.3 Å². The van der Waals surface area contributed by atoms with E-state index < -0.39 is 0 Å². The molecule has 10 nitrogen and oxygen atoms in total. The zero-order valence-electron chi connectivity index (χ0n) is 22.7. The van der Waals surface area contributed by atoms with Crippen LogP contribution in [0.3, 0.4) is 0 Å². The molecule has 0 saturated carbocycles. The molecule has 2 aromatic carbocycles. The van der Waals surface area contributed by atoms with Gasteiger partial charge in [0.2, 0.25) is 11.9 Å². The molecule has 10 heteroatoms. The maximum Gasteiger partial charge on any atom is 0.250 e. The number of amides is 1. The van der Waals surface area contributed by atoms with Gasteiger partial charge in [-0.2, -0.15) is 10.1 Å². The Bertz CT molecular complexity index is 1490. The molecule has 2 aromatic heterocycles. The largest absolute Gasteiger partial charge is 0.369 e. The minimum atomic E-state index is -0.318. The Labute approximate surface area is 228 Å². The number of hydrogen-bond donors (Lipinski definition) is 2. The minimum absolute atomic E-state index is 0.190. The van der Waals surface area contributed by atoms with Gasteiger partial charge < -0.3 is 25.8 Å². The van der Waals surface area contributed by atoms with Crippen molar-refractivity contribution in [1.82, 2.24) is 24.6 Å². The quantitative estimate of drug-likeness (QED) is 0.332. The first-order valence-corrected chi connectivity index (χ1v) is 13.2. The number of nitrogens with one attached hydrogen (secondary N) is 1. The Balaban J connectivity index is 1.55. The summed E-state index contributed by atoms with van der Waals surface area (Å²) in [4.78, 5) is 28.3. The molecule has 5 rings (SSSR count). The normalized spacial score (nSPS) is 14.8. The van der Waals surface area contributed by atoms with Gasteiger partial charge in [0.1, 0.15) is 6.17 Å². The monoisotopic (exact) mass is 525 g/mol. The van der Waals surface area contributed by atoms with Crippen molar-refractivity contribution in [2.75, 3.05) is 55.4 Å². The summed E-state index contributed by atoms with van der Waals surface area (Å²) in [5.41, 5.74) is 11.4. The molecular weight excluding hydrogens is 490 g/mol. The smallest absolute Gasteiger partial charge is 0.250 e. The highest BCUT2D eigenvalue weighted by atomic mass is 16.2. The van der Waals surface area contributed by atoms with Crippen LogP contribution < -0.4 is 20.9 Å². The third kappa shape index (κ3) is 5.47. The van der Waals surface area contributed by atoms with Gasteiger partial charge in [-0.3, -0.25) is 4.79 Å². The van der Waals surface area contributed by atoms with Crippen LogP contribution in [0.25, 0.3) is 22.3 Å². The van der Waals surface area contributed by atoms with Crippen LogP contribution in [0.1, 0.15) is 19.5 Å². The van der Waals surface area contributed by atoms with Crippen molar-refractivity contribution in [1.29, 1.82) is 0 Å². The maximum atomic E-state index is 12.2. The van der Waals surface area contributed by atoms with Crippen molar-refractivity contribution in [2.45, 2.75) is 19.5 Å². The molecule has 1 saturated heterocycles. The number of piperazine rings is 1. The molecule has 4 aromatic rings. The molecule has 0 aliphatic carbocycles. The van der Waals surface area contributed by atoms with Crippen molar-refractivity contribution in [3.63, 3.8) is 0 Å². The molecule has 1 aliphatic heterocycles. The predicted octanol–water partition coefficient (Wildman–Crippen LogP) is 4.00. The third-order valence-electron chi connectivity index (χ3n) is 7.17. The first-order valence-electron chi connectivity index (χ1n) is 13.2. The number of aromatic nitrogens is 4. The van der Waals surface area contributed by atoms with E-state index in [1.807, 2.05) is 43.3 Å². The maximum absolute atomic E-state index is 12.2. The summed E-state index contributed by atoms with van der Waals surface area (Å²) in [5.74, 6) is 0.253. The molecule has 0 spiro atoms. The summed E-state index contributed by atoms with van der Waals surface area (Å²) in [6.45, 7) is 9.66. The van der Waals surface area contributed by atoms with Gasteiger partial charge in [0.25, 0.3) is 0 Å². The molecule has 1 aliphatic rings. The molecule has 1 amide bonds. The van der Waals surface area contributed by atoms with Gasteiger partial charge >= 0.3 is 0 Å². The first kappa shape index (κ1) is 26.3. The van der Waals surface area contributed by atoms with E-state index in [1.165, 1.54) is 6.08 Å². The highest BCUT2D eigenvalue weighted by Crippen LogP contribution is 2.32. The summed E-state index contributed by atoms with van der Waals surface area (Å²) >= 11 is 0. The minimum Gasteiger partial charge on any atom is -0.369 e. The molecule has 0 bridgehead atoms. The van der Waals surface area contributed by atoms with Crippen molar-refractivity contribution < 1.29 is 4.79 Å². The highest BCUT2D eigenvalue weighted by Gasteiger charge is 2.19. The van der Waals surface area contributed by atoms with Crippen molar-refractivity contribution in [2.24, 2.45) is 5.73 Å². The number of hydrogen-bond acceptors (Lipinski definition) is 8. The lowest BCUT2D eigenvalue weighted by Gasteiger charge is -2.34. The van der Waals surface area contributed by atoms with Crippen LogP contribution in [0.5, 0.6) is 0 Å². The van der Waals surface area contributed by atoms with E-state index in [2.05, 4.69) is 46.0 Å². The Morgan fingerprint density at radius 3 is 2.67 bits per heavy atom. The van der Waals surface area contributed by atoms with Gasteiger partial charge in [0, 0.05) is 55.9 Å². The number of rotatable bonds is 8. The third-order valence-corrected chi connectivity index (χ3v) is 7.17. The van der Waals surface area contributed by atoms with E-state index in [9.17, 15) is 4.79 Å². The van der Waals surface area contributed by atoms with E-state index in [1.54, 1.807) is 22.8 Å². The number of fused-ring (bicyclic) bond motifs is 1. The van der Waals surface area contributed by atoms with Gasteiger partial charge in [-0.05, 0) is 49.9 Å². The first-order chi connectivity index (χ1) is 18.9. The lowest BCUT2D eigenvalue weighted by Crippen LogP contribution is -2.44. The second kappa shape index (κ2) is 11.2. The fraction of sp³-hybridized carbons (Fsp3) is 0.310. The number of likely N-dealkylation sites (N-methyl/N-ethyl adjacent to an activating group) is 2. The highest BCUT2D eigenvalue weighted by molar-refractivity contribution is 6.01. The summed E-state index contributed by atoms with van der Waals surface area (Å²) in [6.07, 6.45) is 3.43. The van der Waals surface area contributed by atoms with Crippen LogP contribution in [-0.2, 0) is 4.79 Å². The zero-order valence-corrected chi connectivity index (χ0v) is 22.7. The number of carbonyl (C=O) groups excluding carboxylic acids is 1. The number of nitrogens with two attached hydrogens (primary N) is 1. The Morgan fingerprint density at radius 2 is 1.92 bits per heavy atom. The van der Waals surface area contributed by atoms with E-state index in [-0.39, 0.29) is 12.1 Å². The lowest BCUT2D eigenvalue weighted by atomic mass is 10.1. The molecule has 1 unspecified atom stereocenters. The number of carbonyl (C=O) groups is 1. The average Bonchev–Trinajstić information content (AvgIpc) is 3.40. The summed E-state index contributed by atoms with van der Waals surface area (Å²) < 4.78 is 1.74. The molecule has 202 valence electrons. The molecule has 0 radical (unpaired) electrons. The topological polar surface area (TPSA) is 108 Å². The Kier molecular flexibility index (Phi) is 7.58. The van der Waals surface area contributed by atoms with E-state index in [4.69, 9.17) is 15.7 Å². The van der Waals surface area contributed by atoms with Crippen LogP contribution in [-0.4, -0.2) is 70.8 Å². The number of anilines is 4. The van der Waals surface area contributed by atoms with Gasteiger partial charge in [0.05, 0.1) is 17.3 Å². The Hall–Kier alpha value is -4.28. The van der Waals surface area contributed by atoms with Gasteiger partial charge in [-0.1, -0.05) is 31.7 Å². The van der Waals surface area contributed by atoms with Gasteiger partial charge in [0.15, 0.2) is 5.65 Å². The van der Waals surface area contributed by atoms with E-state index in [0.717, 1.165) is 54.2 Å². The summed E-state index contributed by atoms with van der Waals surface area (Å²) in [7, 11) is 3.87. The Morgan fingerprint density at radius 1 is 1.15 bits per heavy atom. The molecule has 1 atom stereocenters. The molecule has 3 N–H and O–H groups in total. The van der Waals surface area contributed by atoms with Crippen LogP contribution in [0, 0.1) is 0 Å². The average molecular weight is 526 g/mol. The standard InChI is InChI=1S/C29H35N9O/c1-5-25(30)38-28-24(19-31-38)27(20-9-7-11-22(17-20)36(4)26(39)6-2)33-29(34-28)32-21-10-8-12-23(18-21)37-15-13-35(3)14-16-37/h6-12,17-19,25H,2,5,13-16,30H2,1,3-4H3,(H,32,33,34). The number of benzene rings is 2. The van der Waals surface area contributed by atoms with Crippen LogP contribution >= 0.6 is 0 Å². The number of nitrogens with zero attached hydrogens (tertiary/aromatic N) is 7. The van der Waals surface area contributed by atoms with Crippen LogP contribution in [0.15, 0.2) is 67.4 Å². The summed E-state index contributed by atoms with van der Waals surface area (Å²) in [6, 6.07) is 16.0. The van der Waals surface area contributed by atoms with E-state index in [0.29, 0.717) is 23.7 Å². The lowest BCUT2D eigenvalue weighted by molar-refractivity contribution is -0.113. The van der Waals surface area contributed by atoms with Crippen molar-refractivity contribution >= 4 is 40.0 Å². The molecule has 39 heavy (non-hydrogen) atoms. The molecular formula is C29H35N9O. The zero-order chi connectivity index (χ0) is 27.5. The second-order valence-electron chi connectivity index (χ2n) is 9.82. The predicted molar refractivity (Wildman–Crippen MR) is 157 cm³/mol. The SMILES string of the molecule is C=CC(=O)N(C)c1cccc(-c2nc(Nc3cccc(N4CCN(C)CC4)c3)nc3c2cnn3C(N)CC)c1. The summed E-state index contributed by atoms with van der Waals surface area (Å²) in [5, 5.41) is 8.75. The van der Waals surface area contributed by atoms with Crippen molar-refractivity contribution in [3.05, 3.63) is 67.4 Å².